The van der Waals surface area contributed by atoms with Gasteiger partial charge in [0.15, 0.2) is 6.61 Å². The van der Waals surface area contributed by atoms with Gasteiger partial charge in [0.25, 0.3) is 11.6 Å². The number of hydrogen-bond acceptors (Lipinski definition) is 6. The number of carbonyl (C=O) groups is 1. The van der Waals surface area contributed by atoms with Crippen molar-refractivity contribution in [1.82, 2.24) is 10.2 Å². The lowest BCUT2D eigenvalue weighted by Crippen LogP contribution is -2.39. The first-order valence-corrected chi connectivity index (χ1v) is 10.4. The average Bonchev–Trinajstić information content (AvgIpc) is 3.09. The fourth-order valence-corrected chi connectivity index (χ4v) is 4.23. The number of thiophene rings is 1. The zero-order valence-corrected chi connectivity index (χ0v) is 17.8. The highest BCUT2D eigenvalue weighted by atomic mass is 35.5. The standard InChI is InChI=1S/C20H25N3O4S.ClH/c24-20(15-27-17-9-7-16(8-10-17)23(25)26)21-14-18(19-6-5-13-28-19)22-11-3-1-2-4-12-22;/h5-10,13,18H,1-4,11-12,14-15H2,(H,21,24);1H. The number of rotatable bonds is 8. The molecule has 1 fully saturated rings. The first-order valence-electron chi connectivity index (χ1n) is 9.55. The molecule has 9 heteroatoms. The van der Waals surface area contributed by atoms with E-state index >= 15 is 0 Å². The second-order valence-electron chi connectivity index (χ2n) is 6.83. The van der Waals surface area contributed by atoms with Gasteiger partial charge in [0.2, 0.25) is 0 Å². The highest BCUT2D eigenvalue weighted by molar-refractivity contribution is 7.10. The Morgan fingerprint density at radius 3 is 2.45 bits per heavy atom. The summed E-state index contributed by atoms with van der Waals surface area (Å²) in [5.74, 6) is 0.234. The van der Waals surface area contributed by atoms with E-state index in [-0.39, 0.29) is 36.7 Å². The quantitative estimate of drug-likeness (QED) is 0.492. The minimum atomic E-state index is -0.468. The Bertz CT molecular complexity index is 763. The molecule has 1 aromatic carbocycles. The van der Waals surface area contributed by atoms with Crippen molar-refractivity contribution in [3.63, 3.8) is 0 Å². The second-order valence-corrected chi connectivity index (χ2v) is 7.80. The molecule has 1 aliphatic heterocycles. The van der Waals surface area contributed by atoms with E-state index in [1.54, 1.807) is 11.3 Å². The van der Waals surface area contributed by atoms with Crippen LogP contribution in [0.2, 0.25) is 0 Å². The van der Waals surface area contributed by atoms with Crippen LogP contribution in [0, 0.1) is 10.1 Å². The normalized spacial score (nSPS) is 15.6. The summed E-state index contributed by atoms with van der Waals surface area (Å²) in [6, 6.07) is 10.1. The van der Waals surface area contributed by atoms with E-state index in [4.69, 9.17) is 4.74 Å². The van der Waals surface area contributed by atoms with Crippen LogP contribution in [-0.2, 0) is 4.79 Å². The minimum Gasteiger partial charge on any atom is -0.484 e. The van der Waals surface area contributed by atoms with Crippen molar-refractivity contribution in [3.8, 4) is 5.75 Å². The van der Waals surface area contributed by atoms with Crippen LogP contribution in [0.15, 0.2) is 41.8 Å². The topological polar surface area (TPSA) is 84.7 Å². The number of benzene rings is 1. The Morgan fingerprint density at radius 2 is 1.86 bits per heavy atom. The molecule has 158 valence electrons. The molecule has 1 atom stereocenters. The molecule has 29 heavy (non-hydrogen) atoms. The van der Waals surface area contributed by atoms with Gasteiger partial charge in [-0.15, -0.1) is 23.7 Å². The maximum atomic E-state index is 12.3. The van der Waals surface area contributed by atoms with Crippen LogP contribution in [0.3, 0.4) is 0 Å². The van der Waals surface area contributed by atoms with E-state index in [0.717, 1.165) is 13.1 Å². The first kappa shape index (κ1) is 23.1. The molecule has 1 saturated heterocycles. The minimum absolute atomic E-state index is 0. The van der Waals surface area contributed by atoms with E-state index < -0.39 is 4.92 Å². The molecule has 0 bridgehead atoms. The Balaban J connectivity index is 0.00000300. The van der Waals surface area contributed by atoms with E-state index in [1.165, 1.54) is 54.8 Å². The summed E-state index contributed by atoms with van der Waals surface area (Å²) >= 11 is 1.72. The lowest BCUT2D eigenvalue weighted by atomic mass is 10.2. The Kier molecular flexibility index (Phi) is 9.37. The molecular formula is C20H26ClN3O4S. The summed E-state index contributed by atoms with van der Waals surface area (Å²) in [6.07, 6.45) is 4.92. The van der Waals surface area contributed by atoms with Crippen LogP contribution in [0.4, 0.5) is 5.69 Å². The predicted octanol–water partition coefficient (Wildman–Crippen LogP) is 4.19. The van der Waals surface area contributed by atoms with Gasteiger partial charge in [-0.1, -0.05) is 18.9 Å². The van der Waals surface area contributed by atoms with Gasteiger partial charge in [-0.25, -0.2) is 0 Å². The molecule has 1 unspecified atom stereocenters. The van der Waals surface area contributed by atoms with Crippen LogP contribution in [0.1, 0.15) is 36.6 Å². The summed E-state index contributed by atoms with van der Waals surface area (Å²) in [4.78, 5) is 26.2. The number of nitro benzene ring substituents is 1. The van der Waals surface area contributed by atoms with Crippen LogP contribution in [0.25, 0.3) is 0 Å². The van der Waals surface area contributed by atoms with Crippen molar-refractivity contribution in [2.24, 2.45) is 0 Å². The number of non-ortho nitro benzene ring substituents is 1. The zero-order chi connectivity index (χ0) is 19.8. The van der Waals surface area contributed by atoms with Crippen molar-refractivity contribution < 1.29 is 14.5 Å². The molecule has 2 aromatic rings. The first-order chi connectivity index (χ1) is 13.6. The smallest absolute Gasteiger partial charge is 0.269 e. The van der Waals surface area contributed by atoms with Gasteiger partial charge in [-0.3, -0.25) is 19.8 Å². The number of nitrogens with zero attached hydrogens (tertiary/aromatic N) is 2. The number of nitrogens with one attached hydrogen (secondary N) is 1. The average molecular weight is 440 g/mol. The van der Waals surface area contributed by atoms with Crippen molar-refractivity contribution in [1.29, 1.82) is 0 Å². The molecule has 0 radical (unpaired) electrons. The predicted molar refractivity (Wildman–Crippen MR) is 116 cm³/mol. The monoisotopic (exact) mass is 439 g/mol. The molecule has 1 aromatic heterocycles. The number of amides is 1. The number of halogens is 1. The summed E-state index contributed by atoms with van der Waals surface area (Å²) in [7, 11) is 0. The largest absolute Gasteiger partial charge is 0.484 e. The van der Waals surface area contributed by atoms with Gasteiger partial charge in [-0.2, -0.15) is 0 Å². The highest BCUT2D eigenvalue weighted by Crippen LogP contribution is 2.27. The van der Waals surface area contributed by atoms with Crippen molar-refractivity contribution in [2.75, 3.05) is 26.2 Å². The third-order valence-corrected chi connectivity index (χ3v) is 5.84. The van der Waals surface area contributed by atoms with Crippen LogP contribution < -0.4 is 10.1 Å². The van der Waals surface area contributed by atoms with Crippen molar-refractivity contribution in [3.05, 3.63) is 56.8 Å². The fourth-order valence-electron chi connectivity index (χ4n) is 3.37. The number of nitro groups is 1. The number of hydrogen-bond donors (Lipinski definition) is 1. The van der Waals surface area contributed by atoms with Crippen LogP contribution in [-0.4, -0.2) is 42.0 Å². The molecule has 7 nitrogen and oxygen atoms in total. The number of likely N-dealkylation sites (tertiary alicyclic amines) is 1. The highest BCUT2D eigenvalue weighted by Gasteiger charge is 2.23. The van der Waals surface area contributed by atoms with Gasteiger partial charge >= 0.3 is 0 Å². The summed E-state index contributed by atoms with van der Waals surface area (Å²) in [5, 5.41) is 15.7. The van der Waals surface area contributed by atoms with Crippen molar-refractivity contribution >= 4 is 35.3 Å². The maximum Gasteiger partial charge on any atom is 0.269 e. The van der Waals surface area contributed by atoms with Gasteiger partial charge < -0.3 is 10.1 Å². The number of carbonyl (C=O) groups excluding carboxylic acids is 1. The van der Waals surface area contributed by atoms with Gasteiger partial charge in [0.1, 0.15) is 5.75 Å². The number of ether oxygens (including phenoxy) is 1. The molecule has 2 heterocycles. The SMILES string of the molecule is Cl.O=C(COc1ccc([N+](=O)[O-])cc1)NCC(c1cccs1)N1CCCCCC1. The van der Waals surface area contributed by atoms with E-state index in [0.29, 0.717) is 12.3 Å². The summed E-state index contributed by atoms with van der Waals surface area (Å²) in [6.45, 7) is 2.54. The lowest BCUT2D eigenvalue weighted by molar-refractivity contribution is -0.384. The molecule has 1 N–H and O–H groups in total. The van der Waals surface area contributed by atoms with Crippen LogP contribution >= 0.6 is 23.7 Å². The molecule has 0 saturated carbocycles. The van der Waals surface area contributed by atoms with Gasteiger partial charge in [0, 0.05) is 23.6 Å². The molecule has 1 aliphatic rings. The Hall–Kier alpha value is -2.16. The molecule has 3 rings (SSSR count). The molecule has 0 spiro atoms. The lowest BCUT2D eigenvalue weighted by Gasteiger charge is -2.30. The molecular weight excluding hydrogens is 414 g/mol. The second kappa shape index (κ2) is 11.7. The van der Waals surface area contributed by atoms with E-state index in [9.17, 15) is 14.9 Å². The summed E-state index contributed by atoms with van der Waals surface area (Å²) < 4.78 is 5.45. The van der Waals surface area contributed by atoms with E-state index in [2.05, 4.69) is 21.7 Å². The van der Waals surface area contributed by atoms with Gasteiger partial charge in [0.05, 0.1) is 11.0 Å². The van der Waals surface area contributed by atoms with Crippen molar-refractivity contribution in [2.45, 2.75) is 31.7 Å². The fraction of sp³-hybridized carbons (Fsp3) is 0.450. The maximum absolute atomic E-state index is 12.3. The van der Waals surface area contributed by atoms with E-state index in [1.807, 2.05) is 6.07 Å². The third-order valence-electron chi connectivity index (χ3n) is 4.86. The third kappa shape index (κ3) is 6.99. The zero-order valence-electron chi connectivity index (χ0n) is 16.1. The van der Waals surface area contributed by atoms with Gasteiger partial charge in [-0.05, 0) is 49.5 Å². The van der Waals surface area contributed by atoms with Crippen LogP contribution in [0.5, 0.6) is 5.75 Å². The molecule has 0 aliphatic carbocycles. The summed E-state index contributed by atoms with van der Waals surface area (Å²) in [5.41, 5.74) is -0.00644. The molecule has 1 amide bonds. The Morgan fingerprint density at radius 1 is 1.17 bits per heavy atom. The Labute approximate surface area is 180 Å².